The van der Waals surface area contributed by atoms with Gasteiger partial charge in [-0.25, -0.2) is 4.79 Å². The number of primary amides is 1. The van der Waals surface area contributed by atoms with Crippen molar-refractivity contribution in [2.75, 3.05) is 5.75 Å². The van der Waals surface area contributed by atoms with E-state index in [2.05, 4.69) is 28.6 Å². The lowest BCUT2D eigenvalue weighted by atomic mass is 10.0. The average Bonchev–Trinajstić information content (AvgIpc) is 2.79. The number of benzene rings is 1. The summed E-state index contributed by atoms with van der Waals surface area (Å²) in [5, 5.41) is 16.9. The number of carboxylic acids is 1. The lowest BCUT2D eigenvalue weighted by Gasteiger charge is -2.24. The Morgan fingerprint density at radius 2 is 1.46 bits per heavy atom. The highest BCUT2D eigenvalue weighted by Crippen LogP contribution is 2.07. The van der Waals surface area contributed by atoms with Gasteiger partial charge in [-0.15, -0.1) is 0 Å². The summed E-state index contributed by atoms with van der Waals surface area (Å²) in [5.41, 5.74) is 11.7. The number of nitrogens with one attached hydrogen (secondary N) is 3. The van der Waals surface area contributed by atoms with E-state index in [4.69, 9.17) is 11.5 Å². The molecule has 4 atom stereocenters. The van der Waals surface area contributed by atoms with Gasteiger partial charge in [0.25, 0.3) is 0 Å². The molecule has 12 heteroatoms. The SMILES string of the molecule is CC(C)CC(N)C(=O)NC(CS)C(=O)NC(CCC(N)=O)C(=O)NC(Cc1ccccc1)C(=O)O. The highest BCUT2D eigenvalue weighted by atomic mass is 32.1. The Labute approximate surface area is 210 Å². The second-order valence-electron chi connectivity index (χ2n) is 8.64. The third kappa shape index (κ3) is 11.2. The zero-order valence-corrected chi connectivity index (χ0v) is 20.8. The molecule has 0 radical (unpaired) electrons. The summed E-state index contributed by atoms with van der Waals surface area (Å²) in [4.78, 5) is 61.0. The molecule has 0 aromatic heterocycles. The highest BCUT2D eigenvalue weighted by molar-refractivity contribution is 7.80. The third-order valence-electron chi connectivity index (χ3n) is 5.09. The molecular weight excluding hydrogens is 474 g/mol. The van der Waals surface area contributed by atoms with Crippen LogP contribution in [0, 0.1) is 5.92 Å². The van der Waals surface area contributed by atoms with Crippen molar-refractivity contribution in [1.29, 1.82) is 0 Å². The van der Waals surface area contributed by atoms with E-state index < -0.39 is 53.8 Å². The maximum Gasteiger partial charge on any atom is 0.326 e. The van der Waals surface area contributed by atoms with Crippen LogP contribution in [0.2, 0.25) is 0 Å². The first-order valence-electron chi connectivity index (χ1n) is 11.3. The maximum absolute atomic E-state index is 12.9. The van der Waals surface area contributed by atoms with Crippen molar-refractivity contribution >= 4 is 42.2 Å². The summed E-state index contributed by atoms with van der Waals surface area (Å²) in [6.07, 6.45) is 0.0342. The maximum atomic E-state index is 12.9. The molecule has 4 unspecified atom stereocenters. The van der Waals surface area contributed by atoms with E-state index in [1.807, 2.05) is 13.8 Å². The first kappa shape index (κ1) is 29.9. The monoisotopic (exact) mass is 509 g/mol. The zero-order chi connectivity index (χ0) is 26.5. The summed E-state index contributed by atoms with van der Waals surface area (Å²) < 4.78 is 0. The van der Waals surface area contributed by atoms with Crippen molar-refractivity contribution in [2.24, 2.45) is 17.4 Å². The standard InChI is InChI=1S/C23H35N5O6S/c1-13(2)10-15(24)20(30)28-18(12-35)22(32)26-16(8-9-19(25)29)21(31)27-17(23(33)34)11-14-6-4-3-5-7-14/h3-7,13,15-18,35H,8-12,24H2,1-2H3,(H2,25,29)(H,26,32)(H,27,31)(H,28,30)(H,33,34). The Balaban J connectivity index is 2.92. The van der Waals surface area contributed by atoms with Gasteiger partial charge in [-0.3, -0.25) is 19.2 Å². The van der Waals surface area contributed by atoms with Crippen LogP contribution in [0.25, 0.3) is 0 Å². The minimum atomic E-state index is -1.27. The topological polar surface area (TPSA) is 194 Å². The average molecular weight is 510 g/mol. The molecule has 35 heavy (non-hydrogen) atoms. The minimum Gasteiger partial charge on any atom is -0.480 e. The van der Waals surface area contributed by atoms with Gasteiger partial charge in [-0.1, -0.05) is 44.2 Å². The quantitative estimate of drug-likeness (QED) is 0.152. The van der Waals surface area contributed by atoms with Crippen LogP contribution >= 0.6 is 12.6 Å². The van der Waals surface area contributed by atoms with Crippen molar-refractivity contribution in [3.8, 4) is 0 Å². The number of carboxylic acid groups (broad SMARTS) is 1. The summed E-state index contributed by atoms with van der Waals surface area (Å²) in [7, 11) is 0. The van der Waals surface area contributed by atoms with Crippen LogP contribution in [0.3, 0.4) is 0 Å². The predicted octanol–water partition coefficient (Wildman–Crippen LogP) is -0.663. The molecule has 0 saturated carbocycles. The fourth-order valence-electron chi connectivity index (χ4n) is 3.24. The van der Waals surface area contributed by atoms with E-state index in [0.29, 0.717) is 12.0 Å². The minimum absolute atomic E-state index is 0.0153. The van der Waals surface area contributed by atoms with E-state index in [9.17, 15) is 29.1 Å². The van der Waals surface area contributed by atoms with E-state index in [1.54, 1.807) is 30.3 Å². The van der Waals surface area contributed by atoms with Crippen LogP contribution in [0.15, 0.2) is 30.3 Å². The number of thiol groups is 1. The Kier molecular flexibility index (Phi) is 12.8. The van der Waals surface area contributed by atoms with Gasteiger partial charge in [-0.05, 0) is 24.3 Å². The van der Waals surface area contributed by atoms with Crippen LogP contribution in [-0.4, -0.2) is 64.6 Å². The molecule has 0 saturated heterocycles. The molecule has 8 N–H and O–H groups in total. The van der Waals surface area contributed by atoms with Crippen LogP contribution < -0.4 is 27.4 Å². The van der Waals surface area contributed by atoms with Crippen molar-refractivity contribution in [2.45, 2.75) is 63.7 Å². The number of hydrogen-bond acceptors (Lipinski definition) is 7. The number of aliphatic carboxylic acids is 1. The van der Waals surface area contributed by atoms with Gasteiger partial charge in [0.15, 0.2) is 0 Å². The first-order valence-corrected chi connectivity index (χ1v) is 11.9. The third-order valence-corrected chi connectivity index (χ3v) is 5.45. The Morgan fingerprint density at radius 1 is 0.914 bits per heavy atom. The normalized spacial score (nSPS) is 14.3. The predicted molar refractivity (Wildman–Crippen MR) is 133 cm³/mol. The zero-order valence-electron chi connectivity index (χ0n) is 19.9. The molecule has 194 valence electrons. The number of amides is 4. The smallest absolute Gasteiger partial charge is 0.326 e. The fraction of sp³-hybridized carbons (Fsp3) is 0.522. The van der Waals surface area contributed by atoms with Crippen LogP contribution in [0.1, 0.15) is 38.7 Å². The number of rotatable bonds is 15. The van der Waals surface area contributed by atoms with E-state index in [-0.39, 0.29) is 30.9 Å². The Bertz CT molecular complexity index is 882. The van der Waals surface area contributed by atoms with Gasteiger partial charge in [0.2, 0.25) is 23.6 Å². The van der Waals surface area contributed by atoms with Gasteiger partial charge in [0.1, 0.15) is 18.1 Å². The summed E-state index contributed by atoms with van der Waals surface area (Å²) in [6.45, 7) is 3.81. The van der Waals surface area contributed by atoms with E-state index >= 15 is 0 Å². The van der Waals surface area contributed by atoms with Crippen molar-refractivity contribution < 1.29 is 29.1 Å². The van der Waals surface area contributed by atoms with Gasteiger partial charge in [-0.2, -0.15) is 12.6 Å². The highest BCUT2D eigenvalue weighted by Gasteiger charge is 2.30. The first-order chi connectivity index (χ1) is 16.4. The van der Waals surface area contributed by atoms with E-state index in [1.165, 1.54) is 0 Å². The van der Waals surface area contributed by atoms with Gasteiger partial charge < -0.3 is 32.5 Å². The molecule has 0 aliphatic carbocycles. The van der Waals surface area contributed by atoms with Gasteiger partial charge >= 0.3 is 5.97 Å². The van der Waals surface area contributed by atoms with Crippen LogP contribution in [0.4, 0.5) is 0 Å². The van der Waals surface area contributed by atoms with Gasteiger partial charge in [0, 0.05) is 18.6 Å². The lowest BCUT2D eigenvalue weighted by molar-refractivity contribution is -0.142. The summed E-state index contributed by atoms with van der Waals surface area (Å²) >= 11 is 4.10. The molecule has 11 nitrogen and oxygen atoms in total. The molecule has 0 fully saturated rings. The second kappa shape index (κ2) is 15.0. The number of carbonyl (C=O) groups is 5. The molecule has 0 aliphatic heterocycles. The van der Waals surface area contributed by atoms with Crippen LogP contribution in [0.5, 0.6) is 0 Å². The number of carbonyl (C=O) groups excluding carboxylic acids is 4. The molecule has 0 spiro atoms. The molecule has 4 amide bonds. The summed E-state index contributed by atoms with van der Waals surface area (Å²) in [5.74, 6) is -3.95. The molecule has 1 aromatic rings. The molecular formula is C23H35N5O6S. The molecule has 0 heterocycles. The molecule has 1 aromatic carbocycles. The van der Waals surface area contributed by atoms with Crippen molar-refractivity contribution in [3.05, 3.63) is 35.9 Å². The molecule has 1 rings (SSSR count). The number of hydrogen-bond donors (Lipinski definition) is 7. The largest absolute Gasteiger partial charge is 0.480 e. The number of nitrogens with two attached hydrogens (primary N) is 2. The fourth-order valence-corrected chi connectivity index (χ4v) is 3.49. The molecule has 0 aliphatic rings. The Hall–Kier alpha value is -3.12. The Morgan fingerprint density at radius 3 is 1.97 bits per heavy atom. The van der Waals surface area contributed by atoms with E-state index in [0.717, 1.165) is 0 Å². The van der Waals surface area contributed by atoms with Crippen molar-refractivity contribution in [1.82, 2.24) is 16.0 Å². The lowest BCUT2D eigenvalue weighted by Crippen LogP contribution is -2.58. The summed E-state index contributed by atoms with van der Waals surface area (Å²) in [6, 6.07) is 4.23. The van der Waals surface area contributed by atoms with Crippen LogP contribution in [-0.2, 0) is 30.4 Å². The second-order valence-corrected chi connectivity index (χ2v) is 9.00. The van der Waals surface area contributed by atoms with Gasteiger partial charge in [0.05, 0.1) is 6.04 Å². The molecule has 0 bridgehead atoms. The van der Waals surface area contributed by atoms with Crippen molar-refractivity contribution in [3.63, 3.8) is 0 Å².